The third-order valence-corrected chi connectivity index (χ3v) is 7.41. The highest BCUT2D eigenvalue weighted by atomic mass is 32.2. The second kappa shape index (κ2) is 10.1. The lowest BCUT2D eigenvalue weighted by Gasteiger charge is -2.22. The summed E-state index contributed by atoms with van der Waals surface area (Å²) in [7, 11) is -3.90. The Morgan fingerprint density at radius 1 is 1.09 bits per heavy atom. The van der Waals surface area contributed by atoms with E-state index in [1.165, 1.54) is 30.5 Å². The molecule has 2 aromatic carbocycles. The summed E-state index contributed by atoms with van der Waals surface area (Å²) in [5.74, 6) is 0.0771. The Labute approximate surface area is 200 Å². The van der Waals surface area contributed by atoms with Crippen LogP contribution in [0.2, 0.25) is 0 Å². The smallest absolute Gasteiger partial charge is 0.416 e. The fraction of sp³-hybridized carbons (Fsp3) is 0.292. The molecule has 11 heteroatoms. The van der Waals surface area contributed by atoms with Crippen LogP contribution in [0.15, 0.2) is 76.4 Å². The number of amides is 1. The quantitative estimate of drug-likeness (QED) is 0.489. The van der Waals surface area contributed by atoms with Gasteiger partial charge in [0.15, 0.2) is 0 Å². The van der Waals surface area contributed by atoms with Crippen LogP contribution in [0.3, 0.4) is 0 Å². The molecule has 1 saturated heterocycles. The van der Waals surface area contributed by atoms with Crippen LogP contribution in [-0.2, 0) is 34.1 Å². The minimum Gasteiger partial charge on any atom is -0.489 e. The van der Waals surface area contributed by atoms with Crippen LogP contribution >= 0.6 is 0 Å². The van der Waals surface area contributed by atoms with E-state index in [1.54, 1.807) is 24.3 Å². The van der Waals surface area contributed by atoms with E-state index in [9.17, 15) is 26.4 Å². The molecule has 7 nitrogen and oxygen atoms in total. The molecular weight excluding hydrogens is 485 g/mol. The first kappa shape index (κ1) is 24.8. The molecule has 0 saturated carbocycles. The fourth-order valence-electron chi connectivity index (χ4n) is 3.82. The largest absolute Gasteiger partial charge is 0.489 e. The van der Waals surface area contributed by atoms with E-state index in [1.807, 2.05) is 0 Å². The van der Waals surface area contributed by atoms with E-state index in [0.29, 0.717) is 24.2 Å². The van der Waals surface area contributed by atoms with Gasteiger partial charge in [-0.15, -0.1) is 0 Å². The van der Waals surface area contributed by atoms with Crippen molar-refractivity contribution in [1.29, 1.82) is 0 Å². The third kappa shape index (κ3) is 5.85. The van der Waals surface area contributed by atoms with Crippen LogP contribution in [0.25, 0.3) is 0 Å². The number of hydrogen-bond acceptors (Lipinski definition) is 5. The molecular formula is C24H23F3N2O5S. The minimum atomic E-state index is -4.39. The maximum atomic E-state index is 12.8. The Morgan fingerprint density at radius 2 is 1.86 bits per heavy atom. The highest BCUT2D eigenvalue weighted by Crippen LogP contribution is 2.29. The van der Waals surface area contributed by atoms with Gasteiger partial charge in [-0.3, -0.25) is 4.79 Å². The van der Waals surface area contributed by atoms with Gasteiger partial charge in [-0.1, -0.05) is 24.3 Å². The van der Waals surface area contributed by atoms with Crippen molar-refractivity contribution in [2.75, 3.05) is 6.54 Å². The third-order valence-electron chi connectivity index (χ3n) is 5.62. The summed E-state index contributed by atoms with van der Waals surface area (Å²) in [5, 5.41) is 2.57. The van der Waals surface area contributed by atoms with Gasteiger partial charge in [0, 0.05) is 13.1 Å². The highest BCUT2D eigenvalue weighted by molar-refractivity contribution is 7.89. The van der Waals surface area contributed by atoms with E-state index in [2.05, 4.69) is 5.32 Å². The van der Waals surface area contributed by atoms with Crippen LogP contribution in [0.1, 0.15) is 29.5 Å². The molecule has 1 aliphatic rings. The second-order valence-electron chi connectivity index (χ2n) is 8.05. The van der Waals surface area contributed by atoms with Gasteiger partial charge in [-0.25, -0.2) is 8.42 Å². The minimum absolute atomic E-state index is 0.0790. The number of carbonyl (C=O) groups excluding carboxylic acids is 1. The first-order chi connectivity index (χ1) is 16.6. The number of ether oxygens (including phenoxy) is 1. The van der Waals surface area contributed by atoms with Gasteiger partial charge >= 0.3 is 6.18 Å². The molecule has 4 rings (SSSR count). The number of alkyl halides is 3. The van der Waals surface area contributed by atoms with Gasteiger partial charge in [0.25, 0.3) is 10.0 Å². The predicted molar refractivity (Wildman–Crippen MR) is 120 cm³/mol. The molecule has 1 N–H and O–H groups in total. The molecule has 186 valence electrons. The van der Waals surface area contributed by atoms with Crippen molar-refractivity contribution in [3.8, 4) is 5.75 Å². The van der Waals surface area contributed by atoms with Crippen LogP contribution < -0.4 is 10.1 Å². The van der Waals surface area contributed by atoms with Crippen molar-refractivity contribution < 1.29 is 35.5 Å². The van der Waals surface area contributed by atoms with Crippen molar-refractivity contribution in [2.45, 2.75) is 43.3 Å². The van der Waals surface area contributed by atoms with E-state index in [0.717, 1.165) is 22.0 Å². The number of nitrogens with zero attached hydrogens (tertiary/aromatic N) is 1. The summed E-state index contributed by atoms with van der Waals surface area (Å²) in [6.07, 6.45) is -2.16. The van der Waals surface area contributed by atoms with Gasteiger partial charge in [0.2, 0.25) is 11.0 Å². The van der Waals surface area contributed by atoms with Crippen LogP contribution in [0.4, 0.5) is 13.2 Å². The van der Waals surface area contributed by atoms with Crippen molar-refractivity contribution in [3.63, 3.8) is 0 Å². The molecule has 1 fully saturated rings. The standard InChI is InChI=1S/C24H23F3N2O5S/c25-24(26,27)19-10-8-17(9-11-19)16-34-20-5-1-4-18(14-20)15-28-23(30)21-6-2-12-29(21)35(31,32)22-7-3-13-33-22/h1,3-5,7-11,13-14,21H,2,6,12,15-16H2,(H,28,30)/t21-/m0/s1. The number of carbonyl (C=O) groups is 1. The Bertz CT molecular complexity index is 1260. The Kier molecular flexibility index (Phi) is 7.18. The number of benzene rings is 2. The lowest BCUT2D eigenvalue weighted by Crippen LogP contribution is -2.45. The lowest BCUT2D eigenvalue weighted by atomic mass is 10.1. The van der Waals surface area contributed by atoms with E-state index >= 15 is 0 Å². The normalized spacial score (nSPS) is 16.8. The SMILES string of the molecule is O=C(NCc1cccc(OCc2ccc(C(F)(F)F)cc2)c1)[C@@H]1CCCN1S(=O)(=O)c1ccco1. The molecule has 1 atom stereocenters. The fourth-order valence-corrected chi connectivity index (χ4v) is 5.39. The van der Waals surface area contributed by atoms with Crippen LogP contribution in [-0.4, -0.2) is 31.2 Å². The zero-order valence-electron chi connectivity index (χ0n) is 18.5. The molecule has 1 amide bonds. The number of nitrogens with one attached hydrogen (secondary N) is 1. The molecule has 0 radical (unpaired) electrons. The molecule has 1 aliphatic heterocycles. The van der Waals surface area contributed by atoms with E-state index in [4.69, 9.17) is 9.15 Å². The zero-order chi connectivity index (χ0) is 25.1. The summed E-state index contributed by atoms with van der Waals surface area (Å²) in [6.45, 7) is 0.464. The Balaban J connectivity index is 1.33. The first-order valence-electron chi connectivity index (χ1n) is 10.9. The van der Waals surface area contributed by atoms with Crippen LogP contribution in [0, 0.1) is 0 Å². The van der Waals surface area contributed by atoms with Gasteiger partial charge in [-0.2, -0.15) is 17.5 Å². The number of hydrogen-bond donors (Lipinski definition) is 1. The topological polar surface area (TPSA) is 88.9 Å². The molecule has 0 spiro atoms. The number of rotatable bonds is 8. The van der Waals surface area contributed by atoms with E-state index < -0.39 is 33.7 Å². The summed E-state index contributed by atoms with van der Waals surface area (Å²) < 4.78 is 75.5. The van der Waals surface area contributed by atoms with E-state index in [-0.39, 0.29) is 24.8 Å². The molecule has 1 aromatic heterocycles. The van der Waals surface area contributed by atoms with Gasteiger partial charge < -0.3 is 14.5 Å². The van der Waals surface area contributed by atoms with Gasteiger partial charge in [0.1, 0.15) is 18.4 Å². The number of sulfonamides is 1. The van der Waals surface area contributed by atoms with Crippen molar-refractivity contribution in [2.24, 2.45) is 0 Å². The van der Waals surface area contributed by atoms with Gasteiger partial charge in [0.05, 0.1) is 11.8 Å². The average Bonchev–Trinajstić information content (AvgIpc) is 3.54. The summed E-state index contributed by atoms with van der Waals surface area (Å²) >= 11 is 0. The summed E-state index contributed by atoms with van der Waals surface area (Å²) in [6, 6.07) is 13.6. The Morgan fingerprint density at radius 3 is 2.54 bits per heavy atom. The molecule has 35 heavy (non-hydrogen) atoms. The van der Waals surface area contributed by atoms with Crippen molar-refractivity contribution >= 4 is 15.9 Å². The highest BCUT2D eigenvalue weighted by Gasteiger charge is 2.40. The zero-order valence-corrected chi connectivity index (χ0v) is 19.3. The van der Waals surface area contributed by atoms with Crippen LogP contribution in [0.5, 0.6) is 5.75 Å². The maximum absolute atomic E-state index is 12.8. The monoisotopic (exact) mass is 508 g/mol. The predicted octanol–water partition coefficient (Wildman–Crippen LogP) is 4.35. The Hall–Kier alpha value is -3.31. The molecule has 3 aromatic rings. The second-order valence-corrected chi connectivity index (χ2v) is 9.88. The lowest BCUT2D eigenvalue weighted by molar-refractivity contribution is -0.137. The number of furan rings is 1. The average molecular weight is 509 g/mol. The molecule has 0 unspecified atom stereocenters. The maximum Gasteiger partial charge on any atom is 0.416 e. The molecule has 0 bridgehead atoms. The number of halogens is 3. The molecule has 0 aliphatic carbocycles. The van der Waals surface area contributed by atoms with Crippen molar-refractivity contribution in [1.82, 2.24) is 9.62 Å². The molecule has 2 heterocycles. The van der Waals surface area contributed by atoms with Gasteiger partial charge in [-0.05, 0) is 60.4 Å². The first-order valence-corrected chi connectivity index (χ1v) is 12.3. The van der Waals surface area contributed by atoms with Crippen molar-refractivity contribution in [3.05, 3.63) is 83.6 Å². The summed E-state index contributed by atoms with van der Waals surface area (Å²) in [5.41, 5.74) is 0.578. The summed E-state index contributed by atoms with van der Waals surface area (Å²) in [4.78, 5) is 12.8.